The van der Waals surface area contributed by atoms with Gasteiger partial charge < -0.3 is 15.5 Å². The number of anilines is 2. The molecule has 2 aliphatic heterocycles. The van der Waals surface area contributed by atoms with Gasteiger partial charge >= 0.3 is 11.8 Å². The van der Waals surface area contributed by atoms with E-state index in [4.69, 9.17) is 0 Å². The van der Waals surface area contributed by atoms with Crippen LogP contribution in [0.3, 0.4) is 0 Å². The quantitative estimate of drug-likeness (QED) is 0.582. The second kappa shape index (κ2) is 7.79. The fraction of sp³-hybridized carbons (Fsp3) is 0.333. The van der Waals surface area contributed by atoms with E-state index in [-0.39, 0.29) is 11.7 Å². The molecule has 0 atom stereocenters. The van der Waals surface area contributed by atoms with Crippen LogP contribution in [0, 0.1) is 0 Å². The van der Waals surface area contributed by atoms with Crippen LogP contribution < -0.4 is 15.5 Å². The van der Waals surface area contributed by atoms with Crippen LogP contribution in [0.15, 0.2) is 24.3 Å². The van der Waals surface area contributed by atoms with Crippen molar-refractivity contribution in [2.75, 3.05) is 23.3 Å². The molecule has 0 spiro atoms. The van der Waals surface area contributed by atoms with Gasteiger partial charge in [0.2, 0.25) is 5.91 Å². The van der Waals surface area contributed by atoms with Crippen molar-refractivity contribution in [3.8, 4) is 0 Å². The molecule has 4 rings (SSSR count). The van der Waals surface area contributed by atoms with Crippen LogP contribution in [0.2, 0.25) is 0 Å². The highest BCUT2D eigenvalue weighted by molar-refractivity contribution is 7.14. The molecule has 0 aliphatic carbocycles. The van der Waals surface area contributed by atoms with E-state index >= 15 is 0 Å². The fourth-order valence-electron chi connectivity index (χ4n) is 3.80. The van der Waals surface area contributed by atoms with Gasteiger partial charge in [-0.05, 0) is 61.6 Å². The summed E-state index contributed by atoms with van der Waals surface area (Å²) in [5.41, 5.74) is 3.63. The molecule has 8 heteroatoms. The summed E-state index contributed by atoms with van der Waals surface area (Å²) in [5, 5.41) is 5.28. The first kappa shape index (κ1) is 19.3. The molecule has 1 aromatic carbocycles. The highest BCUT2D eigenvalue weighted by atomic mass is 32.1. The van der Waals surface area contributed by atoms with Gasteiger partial charge in [0.25, 0.3) is 0 Å². The van der Waals surface area contributed by atoms with E-state index in [0.717, 1.165) is 28.1 Å². The Morgan fingerprint density at radius 2 is 1.83 bits per heavy atom. The van der Waals surface area contributed by atoms with Gasteiger partial charge in [0.05, 0.1) is 10.6 Å². The molecule has 29 heavy (non-hydrogen) atoms. The lowest BCUT2D eigenvalue weighted by atomic mass is 9.98. The molecule has 0 fully saturated rings. The first-order valence-corrected chi connectivity index (χ1v) is 10.4. The molecule has 0 unspecified atom stereocenters. The maximum Gasteiger partial charge on any atom is 0.313 e. The number of thiophene rings is 1. The summed E-state index contributed by atoms with van der Waals surface area (Å²) in [6.45, 7) is 2.51. The number of amides is 3. The number of rotatable bonds is 5. The predicted octanol–water partition coefficient (Wildman–Crippen LogP) is 2.08. The zero-order valence-corrected chi connectivity index (χ0v) is 16.9. The number of benzene rings is 1. The average Bonchev–Trinajstić information content (AvgIpc) is 3.33. The molecular formula is C21H21N3O4S. The molecule has 1 aromatic heterocycles. The largest absolute Gasteiger partial charge is 0.347 e. The van der Waals surface area contributed by atoms with Crippen molar-refractivity contribution in [3.05, 3.63) is 45.1 Å². The molecule has 3 heterocycles. The Kier molecular flexibility index (Phi) is 5.19. The van der Waals surface area contributed by atoms with Crippen molar-refractivity contribution in [1.82, 2.24) is 5.32 Å². The van der Waals surface area contributed by atoms with Crippen molar-refractivity contribution < 1.29 is 19.2 Å². The first-order chi connectivity index (χ1) is 13.9. The predicted molar refractivity (Wildman–Crippen MR) is 110 cm³/mol. The Labute approximate surface area is 172 Å². The Hall–Kier alpha value is -3.00. The summed E-state index contributed by atoms with van der Waals surface area (Å²) in [6, 6.07) is 7.32. The normalized spacial score (nSPS) is 14.5. The Morgan fingerprint density at radius 3 is 2.55 bits per heavy atom. The second-order valence-electron chi connectivity index (χ2n) is 7.22. The topological polar surface area (TPSA) is 95.6 Å². The molecule has 0 saturated carbocycles. The molecule has 7 nitrogen and oxygen atoms in total. The number of hydrogen-bond donors (Lipinski definition) is 2. The van der Waals surface area contributed by atoms with Gasteiger partial charge in [-0.15, -0.1) is 11.3 Å². The summed E-state index contributed by atoms with van der Waals surface area (Å²) in [4.78, 5) is 51.2. The minimum Gasteiger partial charge on any atom is -0.347 e. The molecule has 3 amide bonds. The smallest absolute Gasteiger partial charge is 0.313 e. The molecule has 2 aliphatic rings. The number of nitrogens with one attached hydrogen (secondary N) is 2. The van der Waals surface area contributed by atoms with Crippen LogP contribution >= 0.6 is 11.3 Å². The molecule has 2 aromatic rings. The van der Waals surface area contributed by atoms with Gasteiger partial charge in [-0.1, -0.05) is 0 Å². The summed E-state index contributed by atoms with van der Waals surface area (Å²) >= 11 is 1.40. The van der Waals surface area contributed by atoms with Gasteiger partial charge in [-0.2, -0.15) is 0 Å². The summed E-state index contributed by atoms with van der Waals surface area (Å²) in [7, 11) is 0. The zero-order valence-electron chi connectivity index (χ0n) is 16.0. The number of carbonyl (C=O) groups is 4. The average molecular weight is 411 g/mol. The lowest BCUT2D eigenvalue weighted by Gasteiger charge is -2.25. The van der Waals surface area contributed by atoms with Crippen LogP contribution in [0.25, 0.3) is 0 Å². The third-order valence-electron chi connectivity index (χ3n) is 5.18. The number of ketones is 1. The fourth-order valence-corrected chi connectivity index (χ4v) is 4.70. The maximum absolute atomic E-state index is 12.2. The Morgan fingerprint density at radius 1 is 1.07 bits per heavy atom. The molecule has 2 N–H and O–H groups in total. The molecule has 0 bridgehead atoms. The molecule has 150 valence electrons. The Balaban J connectivity index is 1.34. The summed E-state index contributed by atoms with van der Waals surface area (Å²) in [5.74, 6) is -1.24. The third kappa shape index (κ3) is 3.93. The van der Waals surface area contributed by atoms with Crippen LogP contribution in [0.5, 0.6) is 0 Å². The van der Waals surface area contributed by atoms with E-state index in [1.807, 2.05) is 23.1 Å². The minimum absolute atomic E-state index is 0.0190. The lowest BCUT2D eigenvalue weighted by Crippen LogP contribution is -2.36. The van der Waals surface area contributed by atoms with E-state index in [9.17, 15) is 19.2 Å². The standard InChI is InChI=1S/C21H21N3O4S/c1-12(25)17-4-3-16(29-17)6-8-22-20(27)21(28)23-15-10-13-2-5-18(26)24-9-7-14(11-15)19(13)24/h3-4,10-11H,2,5-9H2,1H3,(H,22,27)(H,23,28). The number of Topliss-reactive ketones (excluding diaryl/α,β-unsaturated/α-hetero) is 1. The van der Waals surface area contributed by atoms with Crippen molar-refractivity contribution in [3.63, 3.8) is 0 Å². The highest BCUT2D eigenvalue weighted by Gasteiger charge is 2.31. The molecular weight excluding hydrogens is 390 g/mol. The highest BCUT2D eigenvalue weighted by Crippen LogP contribution is 2.38. The van der Waals surface area contributed by atoms with Gasteiger partial charge in [0, 0.05) is 30.1 Å². The SMILES string of the molecule is CC(=O)c1ccc(CCNC(=O)C(=O)Nc2cc3c4c(c2)CCN4C(=O)CC3)s1. The summed E-state index contributed by atoms with van der Waals surface area (Å²) in [6.07, 6.45) is 2.44. The van der Waals surface area contributed by atoms with Gasteiger partial charge in [0.1, 0.15) is 0 Å². The summed E-state index contributed by atoms with van der Waals surface area (Å²) < 4.78 is 0. The first-order valence-electron chi connectivity index (χ1n) is 9.57. The number of nitrogens with zero attached hydrogens (tertiary/aromatic N) is 1. The van der Waals surface area contributed by atoms with Gasteiger partial charge in [-0.3, -0.25) is 19.2 Å². The van der Waals surface area contributed by atoms with Crippen molar-refractivity contribution in [2.45, 2.75) is 32.6 Å². The van der Waals surface area contributed by atoms with Crippen molar-refractivity contribution in [2.24, 2.45) is 0 Å². The van der Waals surface area contributed by atoms with Crippen molar-refractivity contribution in [1.29, 1.82) is 0 Å². The maximum atomic E-state index is 12.2. The van der Waals surface area contributed by atoms with E-state index in [0.29, 0.717) is 42.9 Å². The van der Waals surface area contributed by atoms with Gasteiger partial charge in [0.15, 0.2) is 5.78 Å². The monoisotopic (exact) mass is 411 g/mol. The zero-order chi connectivity index (χ0) is 20.5. The minimum atomic E-state index is -0.713. The third-order valence-corrected chi connectivity index (χ3v) is 6.43. The number of carbonyl (C=O) groups excluding carboxylic acids is 4. The molecule has 0 radical (unpaired) electrons. The molecule has 0 saturated heterocycles. The van der Waals surface area contributed by atoms with Crippen LogP contribution in [-0.4, -0.2) is 36.6 Å². The number of hydrogen-bond acceptors (Lipinski definition) is 5. The van der Waals surface area contributed by atoms with Gasteiger partial charge in [-0.25, -0.2) is 0 Å². The Bertz CT molecular complexity index is 1030. The second-order valence-corrected chi connectivity index (χ2v) is 8.39. The van der Waals surface area contributed by atoms with Crippen LogP contribution in [0.1, 0.15) is 39.0 Å². The van der Waals surface area contributed by atoms with E-state index in [2.05, 4.69) is 10.6 Å². The lowest BCUT2D eigenvalue weighted by molar-refractivity contribution is -0.136. The van der Waals surface area contributed by atoms with E-state index in [1.54, 1.807) is 6.07 Å². The number of aryl methyl sites for hydroxylation is 1. The van der Waals surface area contributed by atoms with Crippen LogP contribution in [-0.2, 0) is 33.6 Å². The van der Waals surface area contributed by atoms with E-state index in [1.165, 1.54) is 18.3 Å². The van der Waals surface area contributed by atoms with E-state index < -0.39 is 11.8 Å². The van der Waals surface area contributed by atoms with Crippen LogP contribution in [0.4, 0.5) is 11.4 Å². The van der Waals surface area contributed by atoms with Crippen molar-refractivity contribution >= 4 is 46.2 Å².